The van der Waals surface area contributed by atoms with Crippen molar-refractivity contribution in [3.63, 3.8) is 0 Å². The van der Waals surface area contributed by atoms with E-state index >= 15 is 0 Å². The van der Waals surface area contributed by atoms with Crippen LogP contribution in [-0.4, -0.2) is 59.3 Å². The number of carbonyl (C=O) groups is 4. The molecule has 0 aromatic rings. The van der Waals surface area contributed by atoms with E-state index in [9.17, 15) is 19.2 Å². The van der Waals surface area contributed by atoms with Crippen LogP contribution in [0.25, 0.3) is 0 Å². The molecule has 0 spiro atoms. The number of ether oxygens (including phenoxy) is 1. The number of carboxylic acids is 1. The molecule has 0 aliphatic carbocycles. The Morgan fingerprint density at radius 2 is 0.895 bits per heavy atom. The Bertz CT molecular complexity index is 972. The molecule has 0 rings (SSSR count). The van der Waals surface area contributed by atoms with Gasteiger partial charge >= 0.3 is 11.9 Å². The van der Waals surface area contributed by atoms with Crippen LogP contribution in [0.2, 0.25) is 0 Å². The Kier molecular flexibility index (Phi) is 41.3. The smallest absolute Gasteiger partial charge is 0.328 e. The number of aliphatic hydroxyl groups excluding tert-OH is 1. The van der Waals surface area contributed by atoms with Crippen LogP contribution in [0, 0.1) is 0 Å². The molecule has 4 N–H and O–H groups in total. The lowest BCUT2D eigenvalue weighted by molar-refractivity contribution is -0.150. The molecular weight excluding hydrogens is 717 g/mol. The summed E-state index contributed by atoms with van der Waals surface area (Å²) in [7, 11) is 0. The molecule has 334 valence electrons. The van der Waals surface area contributed by atoms with E-state index in [4.69, 9.17) is 14.9 Å². The van der Waals surface area contributed by atoms with Gasteiger partial charge < -0.3 is 25.6 Å². The molecule has 0 heterocycles. The molecule has 0 saturated heterocycles. The van der Waals surface area contributed by atoms with Crippen LogP contribution in [0.5, 0.6) is 0 Å². The molecular formula is C48H90N2O7. The van der Waals surface area contributed by atoms with Crippen LogP contribution < -0.4 is 10.6 Å². The monoisotopic (exact) mass is 807 g/mol. The van der Waals surface area contributed by atoms with Crippen LogP contribution in [0.1, 0.15) is 245 Å². The predicted octanol–water partition coefficient (Wildman–Crippen LogP) is 12.2. The first-order chi connectivity index (χ1) is 27.8. The number of carbonyl (C=O) groups excluding carboxylic acids is 3. The number of carboxylic acid groups (broad SMARTS) is 1. The third-order valence-corrected chi connectivity index (χ3v) is 11.0. The first kappa shape index (κ1) is 54.6. The number of hydrogen-bond acceptors (Lipinski definition) is 6. The molecule has 0 aliphatic heterocycles. The zero-order valence-electron chi connectivity index (χ0n) is 37.1. The lowest BCUT2D eigenvalue weighted by Gasteiger charge is -2.18. The van der Waals surface area contributed by atoms with Crippen molar-refractivity contribution < 1.29 is 34.1 Å². The van der Waals surface area contributed by atoms with Gasteiger partial charge in [-0.2, -0.15) is 0 Å². The highest BCUT2D eigenvalue weighted by molar-refractivity contribution is 5.87. The first-order valence-corrected chi connectivity index (χ1v) is 24.1. The Balaban J connectivity index is 4.30. The molecule has 0 saturated carbocycles. The quantitative estimate of drug-likeness (QED) is 0.0273. The fourth-order valence-electron chi connectivity index (χ4n) is 7.30. The Hall–Kier alpha value is -2.42. The molecule has 2 atom stereocenters. The summed E-state index contributed by atoms with van der Waals surface area (Å²) in [6.45, 7) is 3.50. The number of rotatable bonds is 44. The molecule has 2 amide bonds. The highest BCUT2D eigenvalue weighted by Crippen LogP contribution is 2.19. The van der Waals surface area contributed by atoms with Crippen molar-refractivity contribution in [3.05, 3.63) is 12.2 Å². The Morgan fingerprint density at radius 1 is 0.509 bits per heavy atom. The summed E-state index contributed by atoms with van der Waals surface area (Å²) < 4.78 is 6.05. The van der Waals surface area contributed by atoms with Gasteiger partial charge in [0.15, 0.2) is 0 Å². The van der Waals surface area contributed by atoms with Gasteiger partial charge in [0.2, 0.25) is 11.8 Å². The molecule has 0 aliphatic rings. The SMILES string of the molecule is CCCCCCCC/C=C\CCCCCCCC(=O)OC(CCCCCCCCCCCCCCCC)CCCCCCCC(=O)NCC(=O)NC(CO)C(=O)O. The lowest BCUT2D eigenvalue weighted by Crippen LogP contribution is -2.47. The third-order valence-electron chi connectivity index (χ3n) is 11.0. The zero-order valence-corrected chi connectivity index (χ0v) is 37.1. The topological polar surface area (TPSA) is 142 Å². The minimum absolute atomic E-state index is 0.0126. The van der Waals surface area contributed by atoms with E-state index in [0.717, 1.165) is 57.8 Å². The van der Waals surface area contributed by atoms with Crippen LogP contribution in [0.4, 0.5) is 0 Å². The molecule has 0 radical (unpaired) electrons. The summed E-state index contributed by atoms with van der Waals surface area (Å²) in [6.07, 6.45) is 46.7. The summed E-state index contributed by atoms with van der Waals surface area (Å²) in [4.78, 5) is 47.7. The maximum atomic E-state index is 12.8. The second-order valence-electron chi connectivity index (χ2n) is 16.6. The summed E-state index contributed by atoms with van der Waals surface area (Å²) in [6, 6.07) is -1.38. The highest BCUT2D eigenvalue weighted by Gasteiger charge is 2.19. The average molecular weight is 807 g/mol. The largest absolute Gasteiger partial charge is 0.480 e. The van der Waals surface area contributed by atoms with Crippen molar-refractivity contribution in [2.45, 2.75) is 257 Å². The van der Waals surface area contributed by atoms with Crippen molar-refractivity contribution in [1.29, 1.82) is 0 Å². The van der Waals surface area contributed by atoms with Crippen molar-refractivity contribution in [1.82, 2.24) is 10.6 Å². The number of amides is 2. The number of allylic oxidation sites excluding steroid dienone is 2. The highest BCUT2D eigenvalue weighted by atomic mass is 16.5. The second kappa shape index (κ2) is 43.2. The fraction of sp³-hybridized carbons (Fsp3) is 0.875. The molecule has 2 unspecified atom stereocenters. The molecule has 0 aromatic heterocycles. The summed E-state index contributed by atoms with van der Waals surface area (Å²) in [5.41, 5.74) is 0. The maximum absolute atomic E-state index is 12.8. The number of esters is 1. The van der Waals surface area contributed by atoms with E-state index in [-0.39, 0.29) is 24.5 Å². The molecule has 9 heteroatoms. The van der Waals surface area contributed by atoms with E-state index in [0.29, 0.717) is 19.3 Å². The molecule has 0 fully saturated rings. The number of aliphatic hydroxyl groups is 1. The van der Waals surface area contributed by atoms with Crippen LogP contribution in [-0.2, 0) is 23.9 Å². The number of hydrogen-bond donors (Lipinski definition) is 4. The molecule has 9 nitrogen and oxygen atoms in total. The average Bonchev–Trinajstić information content (AvgIpc) is 3.20. The summed E-state index contributed by atoms with van der Waals surface area (Å²) >= 11 is 0. The minimum Gasteiger partial charge on any atom is -0.480 e. The fourth-order valence-corrected chi connectivity index (χ4v) is 7.30. The first-order valence-electron chi connectivity index (χ1n) is 24.1. The molecule has 0 bridgehead atoms. The Labute approximate surface area is 350 Å². The minimum atomic E-state index is -1.38. The van der Waals surface area contributed by atoms with Gasteiger partial charge in [-0.1, -0.05) is 180 Å². The van der Waals surface area contributed by atoms with Gasteiger partial charge in [-0.3, -0.25) is 14.4 Å². The van der Waals surface area contributed by atoms with Crippen LogP contribution in [0.3, 0.4) is 0 Å². The van der Waals surface area contributed by atoms with Gasteiger partial charge in [0.25, 0.3) is 0 Å². The summed E-state index contributed by atoms with van der Waals surface area (Å²) in [5, 5.41) is 22.6. The van der Waals surface area contributed by atoms with E-state index in [1.54, 1.807) is 0 Å². The van der Waals surface area contributed by atoms with Crippen molar-refractivity contribution in [2.24, 2.45) is 0 Å². The van der Waals surface area contributed by atoms with Crippen LogP contribution in [0.15, 0.2) is 12.2 Å². The standard InChI is InChI=1S/C48H90N2O7/c1-3-5-7-9-11-13-15-17-19-21-23-25-27-32-36-40-47(54)57-43(37-33-29-26-24-22-20-18-16-14-12-10-8-6-4-2)38-34-30-28-31-35-39-45(52)49-41-46(53)50-44(42-51)48(55)56/h17,19,43-44,51H,3-16,18,20-42H2,1-2H3,(H,49,52)(H,50,53)(H,55,56)/b19-17-. The lowest BCUT2D eigenvalue weighted by atomic mass is 10.0. The van der Waals surface area contributed by atoms with E-state index in [2.05, 4.69) is 36.6 Å². The van der Waals surface area contributed by atoms with Crippen LogP contribution >= 0.6 is 0 Å². The zero-order chi connectivity index (χ0) is 41.9. The van der Waals surface area contributed by atoms with Gasteiger partial charge in [-0.05, 0) is 64.2 Å². The van der Waals surface area contributed by atoms with Crippen molar-refractivity contribution in [3.8, 4) is 0 Å². The van der Waals surface area contributed by atoms with Crippen molar-refractivity contribution >= 4 is 23.8 Å². The predicted molar refractivity (Wildman–Crippen MR) is 236 cm³/mol. The summed E-state index contributed by atoms with van der Waals surface area (Å²) in [5.74, 6) is -2.28. The van der Waals surface area contributed by atoms with Gasteiger partial charge in [0.05, 0.1) is 13.2 Å². The van der Waals surface area contributed by atoms with Gasteiger partial charge in [0.1, 0.15) is 12.1 Å². The number of aliphatic carboxylic acids is 1. The van der Waals surface area contributed by atoms with Gasteiger partial charge in [-0.25, -0.2) is 4.79 Å². The van der Waals surface area contributed by atoms with E-state index in [1.165, 1.54) is 154 Å². The van der Waals surface area contributed by atoms with Crippen molar-refractivity contribution in [2.75, 3.05) is 13.2 Å². The number of unbranched alkanes of at least 4 members (excludes halogenated alkanes) is 28. The molecule has 0 aromatic carbocycles. The Morgan fingerprint density at radius 3 is 1.32 bits per heavy atom. The molecule has 57 heavy (non-hydrogen) atoms. The van der Waals surface area contributed by atoms with Gasteiger partial charge in [-0.15, -0.1) is 0 Å². The van der Waals surface area contributed by atoms with E-state index in [1.807, 2.05) is 0 Å². The van der Waals surface area contributed by atoms with Gasteiger partial charge in [0, 0.05) is 12.8 Å². The second-order valence-corrected chi connectivity index (χ2v) is 16.6. The maximum Gasteiger partial charge on any atom is 0.328 e. The third kappa shape index (κ3) is 40.2. The number of nitrogens with one attached hydrogen (secondary N) is 2. The van der Waals surface area contributed by atoms with E-state index < -0.39 is 24.5 Å². The normalized spacial score (nSPS) is 12.5.